The number of aliphatic hydroxyl groups excluding tert-OH is 1. The van der Waals surface area contributed by atoms with Gasteiger partial charge in [0.15, 0.2) is 0 Å². The number of nitrogens with two attached hydrogens (primary N) is 1. The van der Waals surface area contributed by atoms with E-state index in [1.54, 1.807) is 6.92 Å². The number of benzene rings is 2. The average molecular weight is 506 g/mol. The smallest absolute Gasteiger partial charge is 0.410 e. The Morgan fingerprint density at radius 2 is 1.81 bits per heavy atom. The summed E-state index contributed by atoms with van der Waals surface area (Å²) in [4.78, 5) is 27.8. The normalized spacial score (nSPS) is 19.2. The molecule has 10 heteroatoms. The number of hydrogen-bond donors (Lipinski definition) is 3. The summed E-state index contributed by atoms with van der Waals surface area (Å²) in [5, 5.41) is 20.6. The van der Waals surface area contributed by atoms with Crippen molar-refractivity contribution in [2.24, 2.45) is 5.73 Å². The summed E-state index contributed by atoms with van der Waals surface area (Å²) in [6.07, 6.45) is -2.09. The molecular formula is C26H33F2N3O5. The second-order valence-electron chi connectivity index (χ2n) is 9.01. The predicted octanol–water partition coefficient (Wildman–Crippen LogP) is 2.90. The van der Waals surface area contributed by atoms with Crippen LogP contribution < -0.4 is 5.73 Å². The first kappa shape index (κ1) is 27.5. The van der Waals surface area contributed by atoms with Gasteiger partial charge >= 0.3 is 6.09 Å². The number of rotatable bonds is 10. The van der Waals surface area contributed by atoms with Crippen LogP contribution in [0.15, 0.2) is 42.5 Å². The van der Waals surface area contributed by atoms with Crippen molar-refractivity contribution in [3.05, 3.63) is 70.8 Å². The Morgan fingerprint density at radius 1 is 1.14 bits per heavy atom. The van der Waals surface area contributed by atoms with Crippen LogP contribution >= 0.6 is 0 Å². The number of hydrogen-bond acceptors (Lipinski definition) is 5. The molecule has 3 rings (SSSR count). The highest BCUT2D eigenvalue weighted by molar-refractivity contribution is 5.86. The summed E-state index contributed by atoms with van der Waals surface area (Å²) in [6.45, 7) is 3.59. The van der Waals surface area contributed by atoms with Crippen LogP contribution in [0.25, 0.3) is 0 Å². The molecule has 0 aromatic heterocycles. The number of amides is 2. The first-order valence-corrected chi connectivity index (χ1v) is 12.0. The molecule has 0 bridgehead atoms. The Labute approximate surface area is 209 Å². The van der Waals surface area contributed by atoms with Crippen molar-refractivity contribution in [1.29, 1.82) is 0 Å². The van der Waals surface area contributed by atoms with E-state index in [1.807, 2.05) is 31.2 Å². The van der Waals surface area contributed by atoms with Gasteiger partial charge in [-0.15, -0.1) is 0 Å². The van der Waals surface area contributed by atoms with Gasteiger partial charge in [0.1, 0.15) is 23.9 Å². The fourth-order valence-electron chi connectivity index (χ4n) is 4.43. The highest BCUT2D eigenvalue weighted by Crippen LogP contribution is 2.23. The van der Waals surface area contributed by atoms with E-state index < -0.39 is 48.1 Å². The first-order chi connectivity index (χ1) is 17.1. The molecule has 196 valence electrons. The van der Waals surface area contributed by atoms with E-state index in [2.05, 4.69) is 0 Å². The highest BCUT2D eigenvalue weighted by Gasteiger charge is 2.43. The van der Waals surface area contributed by atoms with Crippen LogP contribution in [-0.2, 0) is 28.9 Å². The molecule has 4 N–H and O–H groups in total. The zero-order chi connectivity index (χ0) is 26.4. The third-order valence-electron chi connectivity index (χ3n) is 6.33. The molecular weight excluding hydrogens is 472 g/mol. The van der Waals surface area contributed by atoms with Crippen LogP contribution in [0.4, 0.5) is 13.6 Å². The van der Waals surface area contributed by atoms with Crippen molar-refractivity contribution in [3.8, 4) is 0 Å². The minimum atomic E-state index is -1.27. The minimum Gasteiger partial charge on any atom is -0.465 e. The van der Waals surface area contributed by atoms with Crippen LogP contribution in [0.5, 0.6) is 0 Å². The molecule has 2 amide bonds. The fourth-order valence-corrected chi connectivity index (χ4v) is 4.43. The summed E-state index contributed by atoms with van der Waals surface area (Å²) >= 11 is 0. The van der Waals surface area contributed by atoms with E-state index in [0.29, 0.717) is 6.42 Å². The van der Waals surface area contributed by atoms with Gasteiger partial charge in [-0.2, -0.15) is 0 Å². The predicted molar refractivity (Wildman–Crippen MR) is 129 cm³/mol. The lowest BCUT2D eigenvalue weighted by Gasteiger charge is -2.32. The Hall–Kier alpha value is -3.08. The lowest BCUT2D eigenvalue weighted by molar-refractivity contribution is -0.137. The molecule has 2 aromatic carbocycles. The van der Waals surface area contributed by atoms with E-state index >= 15 is 0 Å². The molecule has 2 aromatic rings. The standard InChI is InChI=1S/C26H33F2N3O5/c1-3-16-6-5-7-17(8-16)13-30(25(33)22-15-36-24(4-2)31(22)26(34)35)14-23(32)21(29)11-18-9-19(27)12-20(28)10-18/h5-10,12,21-24,32H,3-4,11,13-15,29H2,1-2H3,(H,34,35)/t21-,22+,23+,24?/m0/s1. The van der Waals surface area contributed by atoms with Crippen LogP contribution in [-0.4, -0.2) is 69.6 Å². The van der Waals surface area contributed by atoms with Gasteiger partial charge in [-0.3, -0.25) is 9.69 Å². The number of carbonyl (C=O) groups is 2. The minimum absolute atomic E-state index is 0.0190. The maximum Gasteiger partial charge on any atom is 0.410 e. The number of ether oxygens (including phenoxy) is 1. The molecule has 1 fully saturated rings. The van der Waals surface area contributed by atoms with E-state index in [9.17, 15) is 28.6 Å². The summed E-state index contributed by atoms with van der Waals surface area (Å²) in [5.74, 6) is -2.02. The molecule has 1 saturated heterocycles. The van der Waals surface area contributed by atoms with Crippen molar-refractivity contribution in [3.63, 3.8) is 0 Å². The number of nitrogens with zero attached hydrogens (tertiary/aromatic N) is 2. The largest absolute Gasteiger partial charge is 0.465 e. The van der Waals surface area contributed by atoms with Gasteiger partial charge in [-0.1, -0.05) is 38.1 Å². The van der Waals surface area contributed by atoms with E-state index in [1.165, 1.54) is 4.90 Å². The van der Waals surface area contributed by atoms with Gasteiger partial charge in [-0.25, -0.2) is 13.6 Å². The van der Waals surface area contributed by atoms with Crippen molar-refractivity contribution in [2.75, 3.05) is 13.2 Å². The van der Waals surface area contributed by atoms with Crippen molar-refractivity contribution in [1.82, 2.24) is 9.80 Å². The van der Waals surface area contributed by atoms with E-state index in [4.69, 9.17) is 10.5 Å². The summed E-state index contributed by atoms with van der Waals surface area (Å²) < 4.78 is 32.7. The Kier molecular flexibility index (Phi) is 9.36. The fraction of sp³-hybridized carbons (Fsp3) is 0.462. The number of carboxylic acid groups (broad SMARTS) is 1. The van der Waals surface area contributed by atoms with E-state index in [0.717, 1.165) is 40.6 Å². The van der Waals surface area contributed by atoms with Gasteiger partial charge in [0.2, 0.25) is 5.91 Å². The lowest BCUT2D eigenvalue weighted by Crippen LogP contribution is -2.53. The molecule has 8 nitrogen and oxygen atoms in total. The average Bonchev–Trinajstić information content (AvgIpc) is 3.27. The van der Waals surface area contributed by atoms with Crippen LogP contribution in [0, 0.1) is 11.6 Å². The molecule has 4 atom stereocenters. The molecule has 0 spiro atoms. The third-order valence-corrected chi connectivity index (χ3v) is 6.33. The molecule has 1 aliphatic heterocycles. The van der Waals surface area contributed by atoms with Crippen LogP contribution in [0.1, 0.15) is 37.0 Å². The summed E-state index contributed by atoms with van der Waals surface area (Å²) in [7, 11) is 0. The Morgan fingerprint density at radius 3 is 2.42 bits per heavy atom. The molecule has 1 unspecified atom stereocenters. The Balaban J connectivity index is 1.82. The topological polar surface area (TPSA) is 116 Å². The van der Waals surface area contributed by atoms with Crippen LogP contribution in [0.2, 0.25) is 0 Å². The van der Waals surface area contributed by atoms with Gasteiger partial charge in [0.25, 0.3) is 0 Å². The monoisotopic (exact) mass is 505 g/mol. The van der Waals surface area contributed by atoms with Crippen molar-refractivity contribution < 1.29 is 33.3 Å². The third kappa shape index (κ3) is 6.77. The molecule has 0 radical (unpaired) electrons. The van der Waals surface area contributed by atoms with Gasteiger partial charge < -0.3 is 25.6 Å². The molecule has 36 heavy (non-hydrogen) atoms. The number of aliphatic hydroxyl groups is 1. The van der Waals surface area contributed by atoms with Crippen molar-refractivity contribution in [2.45, 2.75) is 64.1 Å². The van der Waals surface area contributed by atoms with Gasteiger partial charge in [-0.05, 0) is 48.1 Å². The van der Waals surface area contributed by atoms with E-state index in [-0.39, 0.29) is 31.7 Å². The maximum atomic E-state index is 13.6. The summed E-state index contributed by atoms with van der Waals surface area (Å²) in [6, 6.07) is 8.64. The SMILES string of the molecule is CCc1cccc(CN(C[C@@H](O)[C@@H](N)Cc2cc(F)cc(F)c2)C(=O)[C@H]2COC(CC)N2C(=O)O)c1. The summed E-state index contributed by atoms with van der Waals surface area (Å²) in [5.41, 5.74) is 8.30. The number of halogens is 2. The zero-order valence-electron chi connectivity index (χ0n) is 20.4. The quantitative estimate of drug-likeness (QED) is 0.457. The maximum absolute atomic E-state index is 13.6. The Bertz CT molecular complexity index is 1050. The molecule has 1 heterocycles. The highest BCUT2D eigenvalue weighted by atomic mass is 19.1. The first-order valence-electron chi connectivity index (χ1n) is 12.0. The van der Waals surface area contributed by atoms with Gasteiger partial charge in [0.05, 0.1) is 12.7 Å². The second kappa shape index (κ2) is 12.2. The molecule has 1 aliphatic rings. The number of aryl methyl sites for hydroxylation is 1. The zero-order valence-corrected chi connectivity index (χ0v) is 20.4. The molecule has 0 aliphatic carbocycles. The second-order valence-corrected chi connectivity index (χ2v) is 9.01. The van der Waals surface area contributed by atoms with Gasteiger partial charge in [0, 0.05) is 25.2 Å². The van der Waals surface area contributed by atoms with Crippen molar-refractivity contribution >= 4 is 12.0 Å². The lowest BCUT2D eigenvalue weighted by atomic mass is 10.0. The molecule has 0 saturated carbocycles. The number of carbonyl (C=O) groups excluding carboxylic acids is 1. The van der Waals surface area contributed by atoms with Crippen LogP contribution in [0.3, 0.4) is 0 Å².